The normalized spacial score (nSPS) is 18.9. The smallest absolute Gasteiger partial charge is 0.261 e. The number of likely N-dealkylation sites (tertiary alicyclic amines) is 1. The Morgan fingerprint density at radius 3 is 2.75 bits per heavy atom. The lowest BCUT2D eigenvalue weighted by atomic mass is 10.2. The molecule has 0 saturated carbocycles. The molecule has 1 aliphatic rings. The number of halogens is 3. The quantitative estimate of drug-likeness (QED) is 0.718. The number of aromatic nitrogens is 1. The van der Waals surface area contributed by atoms with Crippen molar-refractivity contribution >= 4 is 33.5 Å². The molecule has 1 saturated heterocycles. The van der Waals surface area contributed by atoms with Gasteiger partial charge in [-0.1, -0.05) is 18.2 Å². The molecule has 20 heavy (non-hydrogen) atoms. The van der Waals surface area contributed by atoms with Gasteiger partial charge in [0.1, 0.15) is 0 Å². The Morgan fingerprint density at radius 1 is 1.20 bits per heavy atom. The lowest BCUT2D eigenvalue weighted by Gasteiger charge is -2.15. The summed E-state index contributed by atoms with van der Waals surface area (Å²) in [6.45, 7) is 2.08. The van der Waals surface area contributed by atoms with Crippen molar-refractivity contribution in [3.63, 3.8) is 0 Å². The van der Waals surface area contributed by atoms with Crippen LogP contribution in [-0.2, 0) is 6.54 Å². The van der Waals surface area contributed by atoms with Crippen LogP contribution in [0.3, 0.4) is 0 Å². The fraction of sp³-hybridized carbons (Fsp3) is 0.467. The highest BCUT2D eigenvalue weighted by Gasteiger charge is 2.37. The molecular formula is C15H17F2IN2. The van der Waals surface area contributed by atoms with E-state index in [1.807, 2.05) is 17.0 Å². The van der Waals surface area contributed by atoms with Crippen LogP contribution in [0, 0.1) is 3.57 Å². The predicted molar refractivity (Wildman–Crippen MR) is 85.3 cm³/mol. The van der Waals surface area contributed by atoms with Crippen molar-refractivity contribution in [1.29, 1.82) is 0 Å². The van der Waals surface area contributed by atoms with Crippen LogP contribution in [0.25, 0.3) is 10.9 Å². The summed E-state index contributed by atoms with van der Waals surface area (Å²) in [5.41, 5.74) is 1.23. The van der Waals surface area contributed by atoms with E-state index < -0.39 is 5.92 Å². The fourth-order valence-corrected chi connectivity index (χ4v) is 3.64. The summed E-state index contributed by atoms with van der Waals surface area (Å²) in [6.07, 6.45) is 3.06. The molecule has 1 aromatic heterocycles. The lowest BCUT2D eigenvalue weighted by Crippen LogP contribution is -2.26. The number of fused-ring (bicyclic) bond motifs is 1. The Kier molecular flexibility index (Phi) is 3.99. The number of alkyl halides is 2. The second-order valence-electron chi connectivity index (χ2n) is 5.42. The van der Waals surface area contributed by atoms with Gasteiger partial charge < -0.3 is 4.57 Å². The van der Waals surface area contributed by atoms with Crippen molar-refractivity contribution < 1.29 is 8.78 Å². The average molecular weight is 390 g/mol. The number of hydrogen-bond donors (Lipinski definition) is 0. The third-order valence-electron chi connectivity index (χ3n) is 3.86. The molecular weight excluding hydrogens is 373 g/mol. The minimum atomic E-state index is -2.48. The monoisotopic (exact) mass is 390 g/mol. The van der Waals surface area contributed by atoms with Crippen LogP contribution in [0.15, 0.2) is 30.5 Å². The maximum absolute atomic E-state index is 13.1. The van der Waals surface area contributed by atoms with E-state index >= 15 is 0 Å². The van der Waals surface area contributed by atoms with Crippen molar-refractivity contribution in [3.05, 3.63) is 34.0 Å². The number of hydrogen-bond acceptors (Lipinski definition) is 1. The lowest BCUT2D eigenvalue weighted by molar-refractivity contribution is 0.0121. The van der Waals surface area contributed by atoms with E-state index in [4.69, 9.17) is 0 Å². The van der Waals surface area contributed by atoms with Gasteiger partial charge in [0, 0.05) is 46.7 Å². The number of rotatable bonds is 4. The predicted octanol–water partition coefficient (Wildman–Crippen LogP) is 3.98. The van der Waals surface area contributed by atoms with Crippen LogP contribution in [0.1, 0.15) is 12.8 Å². The molecule has 0 radical (unpaired) electrons. The molecule has 3 rings (SSSR count). The fourth-order valence-electron chi connectivity index (χ4n) is 2.85. The molecule has 0 atom stereocenters. The van der Waals surface area contributed by atoms with Gasteiger partial charge in [0.05, 0.1) is 6.54 Å². The van der Waals surface area contributed by atoms with Gasteiger partial charge in [-0.25, -0.2) is 8.78 Å². The maximum atomic E-state index is 13.1. The Labute approximate surface area is 130 Å². The number of nitrogens with zero attached hydrogens (tertiary/aromatic N) is 2. The molecule has 108 valence electrons. The van der Waals surface area contributed by atoms with E-state index in [-0.39, 0.29) is 13.0 Å². The molecule has 2 heterocycles. The zero-order valence-electron chi connectivity index (χ0n) is 11.2. The van der Waals surface area contributed by atoms with Crippen LogP contribution in [-0.4, -0.2) is 35.0 Å². The molecule has 0 N–H and O–H groups in total. The van der Waals surface area contributed by atoms with Crippen molar-refractivity contribution in [1.82, 2.24) is 9.47 Å². The van der Waals surface area contributed by atoms with Crippen LogP contribution in [0.4, 0.5) is 8.78 Å². The molecule has 0 amide bonds. The van der Waals surface area contributed by atoms with E-state index in [0.717, 1.165) is 19.5 Å². The van der Waals surface area contributed by atoms with Crippen LogP contribution in [0.2, 0.25) is 0 Å². The molecule has 1 fully saturated rings. The molecule has 0 aliphatic carbocycles. The highest BCUT2D eigenvalue weighted by molar-refractivity contribution is 14.1. The van der Waals surface area contributed by atoms with Crippen LogP contribution >= 0.6 is 22.6 Å². The number of para-hydroxylation sites is 1. The van der Waals surface area contributed by atoms with Crippen molar-refractivity contribution in [3.8, 4) is 0 Å². The second kappa shape index (κ2) is 5.60. The van der Waals surface area contributed by atoms with E-state index in [0.29, 0.717) is 6.54 Å². The Morgan fingerprint density at radius 2 is 2.00 bits per heavy atom. The van der Waals surface area contributed by atoms with Crippen molar-refractivity contribution in [2.45, 2.75) is 25.3 Å². The van der Waals surface area contributed by atoms with Crippen LogP contribution in [0.5, 0.6) is 0 Å². The van der Waals surface area contributed by atoms with Gasteiger partial charge in [-0.3, -0.25) is 4.90 Å². The molecule has 1 aliphatic heterocycles. The largest absolute Gasteiger partial charge is 0.346 e. The second-order valence-corrected chi connectivity index (χ2v) is 6.59. The minimum absolute atomic E-state index is 0.0113. The molecule has 0 spiro atoms. The van der Waals surface area contributed by atoms with Gasteiger partial charge in [-0.2, -0.15) is 0 Å². The molecule has 0 bridgehead atoms. The first-order chi connectivity index (χ1) is 9.55. The molecule has 2 aromatic rings. The summed E-state index contributed by atoms with van der Waals surface area (Å²) < 4.78 is 29.7. The number of benzene rings is 1. The highest BCUT2D eigenvalue weighted by Crippen LogP contribution is 2.27. The van der Waals surface area contributed by atoms with Gasteiger partial charge in [0.2, 0.25) is 0 Å². The zero-order valence-corrected chi connectivity index (χ0v) is 13.3. The average Bonchev–Trinajstić information content (AvgIpc) is 2.92. The SMILES string of the molecule is FC1(F)CCN(CCCn2cc(I)c3ccccc32)C1. The Balaban J connectivity index is 1.61. The van der Waals surface area contributed by atoms with E-state index in [1.54, 1.807) is 0 Å². The van der Waals surface area contributed by atoms with Crippen molar-refractivity contribution in [2.24, 2.45) is 0 Å². The van der Waals surface area contributed by atoms with Gasteiger partial charge in [-0.15, -0.1) is 0 Å². The summed E-state index contributed by atoms with van der Waals surface area (Å²) in [7, 11) is 0. The van der Waals surface area contributed by atoms with Gasteiger partial charge in [0.25, 0.3) is 5.92 Å². The van der Waals surface area contributed by atoms with E-state index in [2.05, 4.69) is 45.5 Å². The van der Waals surface area contributed by atoms with Gasteiger partial charge in [0.15, 0.2) is 0 Å². The summed E-state index contributed by atoms with van der Waals surface area (Å²) in [5, 5.41) is 1.26. The third-order valence-corrected chi connectivity index (χ3v) is 4.72. The maximum Gasteiger partial charge on any atom is 0.261 e. The van der Waals surface area contributed by atoms with Gasteiger partial charge >= 0.3 is 0 Å². The molecule has 0 unspecified atom stereocenters. The number of aryl methyl sites for hydroxylation is 1. The standard InChI is InChI=1S/C15H17F2IN2/c16-15(17)6-9-19(11-15)7-3-8-20-10-13(18)12-4-1-2-5-14(12)20/h1-2,4-5,10H,3,6-9,11H2. The first-order valence-corrected chi connectivity index (χ1v) is 7.97. The zero-order chi connectivity index (χ0) is 14.2. The summed E-state index contributed by atoms with van der Waals surface area (Å²) in [4.78, 5) is 1.87. The van der Waals surface area contributed by atoms with Crippen molar-refractivity contribution in [2.75, 3.05) is 19.6 Å². The third kappa shape index (κ3) is 2.98. The van der Waals surface area contributed by atoms with Crippen LogP contribution < -0.4 is 0 Å². The molecule has 1 aromatic carbocycles. The Hall–Kier alpha value is -0.690. The molecule has 5 heteroatoms. The summed E-state index contributed by atoms with van der Waals surface area (Å²) in [6, 6.07) is 8.31. The summed E-state index contributed by atoms with van der Waals surface area (Å²) in [5.74, 6) is -2.48. The molecule has 2 nitrogen and oxygen atoms in total. The first kappa shape index (κ1) is 14.3. The minimum Gasteiger partial charge on any atom is -0.346 e. The first-order valence-electron chi connectivity index (χ1n) is 6.89. The highest BCUT2D eigenvalue weighted by atomic mass is 127. The Bertz CT molecular complexity index is 609. The van der Waals surface area contributed by atoms with E-state index in [9.17, 15) is 8.78 Å². The van der Waals surface area contributed by atoms with Gasteiger partial charge in [-0.05, 0) is 35.1 Å². The van der Waals surface area contributed by atoms with E-state index in [1.165, 1.54) is 14.5 Å². The topological polar surface area (TPSA) is 8.17 Å². The summed E-state index contributed by atoms with van der Waals surface area (Å²) >= 11 is 2.34.